The van der Waals surface area contributed by atoms with Crippen LogP contribution in [0.2, 0.25) is 5.02 Å². The standard InChI is InChI=1S/C15H12ClFN4O2S/c1-2-9-6-12(22)19-15(18-9)24-7-13-20-14(21-23-13)8-3-4-10(16)11(17)5-8/h3-6H,2,7H2,1H3,(H,18,19,22). The van der Waals surface area contributed by atoms with Crippen molar-refractivity contribution in [2.75, 3.05) is 0 Å². The summed E-state index contributed by atoms with van der Waals surface area (Å²) in [6.45, 7) is 1.92. The first-order valence-corrected chi connectivity index (χ1v) is 8.42. The number of thioether (sulfide) groups is 1. The molecule has 1 aromatic carbocycles. The highest BCUT2D eigenvalue weighted by molar-refractivity contribution is 7.98. The van der Waals surface area contributed by atoms with Gasteiger partial charge in [0.15, 0.2) is 5.16 Å². The van der Waals surface area contributed by atoms with Crippen LogP contribution in [-0.2, 0) is 12.2 Å². The van der Waals surface area contributed by atoms with Crippen LogP contribution < -0.4 is 5.56 Å². The third-order valence-corrected chi connectivity index (χ3v) is 4.28. The predicted octanol–water partition coefficient (Wildman–Crippen LogP) is 3.47. The van der Waals surface area contributed by atoms with E-state index in [1.165, 1.54) is 30.0 Å². The van der Waals surface area contributed by atoms with Crippen LogP contribution in [0.5, 0.6) is 0 Å². The molecule has 3 rings (SSSR count). The van der Waals surface area contributed by atoms with Crippen LogP contribution >= 0.6 is 23.4 Å². The number of hydrogen-bond donors (Lipinski definition) is 1. The number of nitrogens with one attached hydrogen (secondary N) is 1. The summed E-state index contributed by atoms with van der Waals surface area (Å²) in [4.78, 5) is 22.7. The van der Waals surface area contributed by atoms with E-state index in [0.717, 1.165) is 0 Å². The van der Waals surface area contributed by atoms with Gasteiger partial charge in [-0.15, -0.1) is 0 Å². The molecule has 0 aliphatic rings. The molecule has 24 heavy (non-hydrogen) atoms. The maximum atomic E-state index is 13.5. The first-order chi connectivity index (χ1) is 11.5. The predicted molar refractivity (Wildman–Crippen MR) is 88.5 cm³/mol. The van der Waals surface area contributed by atoms with E-state index in [0.29, 0.717) is 34.5 Å². The SMILES string of the molecule is CCc1cc(=O)[nH]c(SCc2nc(-c3ccc(Cl)c(F)c3)no2)n1. The second-order valence-corrected chi connectivity index (χ2v) is 6.20. The zero-order valence-electron chi connectivity index (χ0n) is 12.5. The molecule has 0 fully saturated rings. The second-order valence-electron chi connectivity index (χ2n) is 4.82. The number of aromatic nitrogens is 4. The Morgan fingerprint density at radius 1 is 1.33 bits per heavy atom. The number of nitrogens with zero attached hydrogens (tertiary/aromatic N) is 3. The summed E-state index contributed by atoms with van der Waals surface area (Å²) in [5, 5.41) is 4.33. The molecule has 0 spiro atoms. The molecule has 0 saturated heterocycles. The highest BCUT2D eigenvalue weighted by atomic mass is 35.5. The Morgan fingerprint density at radius 2 is 2.17 bits per heavy atom. The van der Waals surface area contributed by atoms with E-state index in [4.69, 9.17) is 16.1 Å². The van der Waals surface area contributed by atoms with Crippen molar-refractivity contribution in [1.29, 1.82) is 0 Å². The van der Waals surface area contributed by atoms with Gasteiger partial charge in [0.25, 0.3) is 5.56 Å². The molecule has 124 valence electrons. The zero-order valence-corrected chi connectivity index (χ0v) is 14.1. The summed E-state index contributed by atoms with van der Waals surface area (Å²) < 4.78 is 18.6. The molecule has 1 N–H and O–H groups in total. The number of halogens is 2. The van der Waals surface area contributed by atoms with Gasteiger partial charge < -0.3 is 9.51 Å². The van der Waals surface area contributed by atoms with Crippen molar-refractivity contribution in [2.24, 2.45) is 0 Å². The lowest BCUT2D eigenvalue weighted by Gasteiger charge is -2.00. The number of rotatable bonds is 5. The van der Waals surface area contributed by atoms with Gasteiger partial charge in [0, 0.05) is 17.3 Å². The van der Waals surface area contributed by atoms with Gasteiger partial charge in [-0.1, -0.05) is 35.4 Å². The Balaban J connectivity index is 1.73. The molecule has 0 unspecified atom stereocenters. The highest BCUT2D eigenvalue weighted by Crippen LogP contribution is 2.24. The van der Waals surface area contributed by atoms with Gasteiger partial charge in [-0.05, 0) is 24.6 Å². The maximum absolute atomic E-state index is 13.5. The molecule has 0 bridgehead atoms. The smallest absolute Gasteiger partial charge is 0.251 e. The molecule has 3 aromatic rings. The molecular weight excluding hydrogens is 355 g/mol. The fourth-order valence-electron chi connectivity index (χ4n) is 1.93. The molecule has 2 aromatic heterocycles. The number of H-pyrrole nitrogens is 1. The van der Waals surface area contributed by atoms with Crippen LogP contribution in [-0.4, -0.2) is 20.1 Å². The van der Waals surface area contributed by atoms with Crippen molar-refractivity contribution in [3.63, 3.8) is 0 Å². The van der Waals surface area contributed by atoms with Gasteiger partial charge >= 0.3 is 0 Å². The minimum atomic E-state index is -0.548. The summed E-state index contributed by atoms with van der Waals surface area (Å²) in [6.07, 6.45) is 0.671. The topological polar surface area (TPSA) is 84.7 Å². The van der Waals surface area contributed by atoms with E-state index in [9.17, 15) is 9.18 Å². The Morgan fingerprint density at radius 3 is 2.92 bits per heavy atom. The highest BCUT2D eigenvalue weighted by Gasteiger charge is 2.12. The van der Waals surface area contributed by atoms with E-state index in [1.54, 1.807) is 6.07 Å². The van der Waals surface area contributed by atoms with Crippen molar-refractivity contribution in [3.05, 3.63) is 57.0 Å². The Kier molecular flexibility index (Phi) is 4.96. The minimum Gasteiger partial charge on any atom is -0.338 e. The first-order valence-electron chi connectivity index (χ1n) is 7.06. The van der Waals surface area contributed by atoms with Gasteiger partial charge in [-0.3, -0.25) is 4.79 Å². The fourth-order valence-corrected chi connectivity index (χ4v) is 2.78. The van der Waals surface area contributed by atoms with E-state index < -0.39 is 5.82 Å². The van der Waals surface area contributed by atoms with Crippen molar-refractivity contribution >= 4 is 23.4 Å². The Labute approximate surface area is 145 Å². The monoisotopic (exact) mass is 366 g/mol. The van der Waals surface area contributed by atoms with Crippen LogP contribution in [0.3, 0.4) is 0 Å². The summed E-state index contributed by atoms with van der Waals surface area (Å²) in [6, 6.07) is 5.75. The molecule has 9 heteroatoms. The molecule has 0 aliphatic heterocycles. The van der Waals surface area contributed by atoms with Crippen LogP contribution in [0.15, 0.2) is 38.7 Å². The summed E-state index contributed by atoms with van der Waals surface area (Å²) in [5.74, 6) is 0.395. The van der Waals surface area contributed by atoms with Crippen molar-refractivity contribution < 1.29 is 8.91 Å². The average Bonchev–Trinajstić information content (AvgIpc) is 3.04. The normalized spacial score (nSPS) is 11.0. The first kappa shape index (κ1) is 16.7. The van der Waals surface area contributed by atoms with Crippen LogP contribution in [0.4, 0.5) is 4.39 Å². The van der Waals surface area contributed by atoms with Gasteiger partial charge in [0.05, 0.1) is 10.8 Å². The van der Waals surface area contributed by atoms with Gasteiger partial charge in [-0.2, -0.15) is 4.98 Å². The van der Waals surface area contributed by atoms with Crippen LogP contribution in [0, 0.1) is 5.82 Å². The molecule has 0 saturated carbocycles. The Bertz CT molecular complexity index is 928. The molecule has 2 heterocycles. The van der Waals surface area contributed by atoms with E-state index in [1.807, 2.05) is 6.92 Å². The molecule has 6 nitrogen and oxygen atoms in total. The lowest BCUT2D eigenvalue weighted by Crippen LogP contribution is -2.09. The largest absolute Gasteiger partial charge is 0.338 e. The molecular formula is C15H12ClFN4O2S. The van der Waals surface area contributed by atoms with Gasteiger partial charge in [-0.25, -0.2) is 9.37 Å². The lowest BCUT2D eigenvalue weighted by atomic mass is 10.2. The third-order valence-electron chi connectivity index (χ3n) is 3.11. The van der Waals surface area contributed by atoms with E-state index in [2.05, 4.69) is 20.1 Å². The number of aromatic amines is 1. The molecule has 0 radical (unpaired) electrons. The molecule has 0 amide bonds. The third kappa shape index (κ3) is 3.82. The van der Waals surface area contributed by atoms with Crippen LogP contribution in [0.1, 0.15) is 18.5 Å². The summed E-state index contributed by atoms with van der Waals surface area (Å²) >= 11 is 6.92. The van der Waals surface area contributed by atoms with E-state index in [-0.39, 0.29) is 16.4 Å². The molecule has 0 atom stereocenters. The van der Waals surface area contributed by atoms with Crippen molar-refractivity contribution in [3.8, 4) is 11.4 Å². The van der Waals surface area contributed by atoms with E-state index >= 15 is 0 Å². The van der Waals surface area contributed by atoms with Crippen LogP contribution in [0.25, 0.3) is 11.4 Å². The minimum absolute atomic E-state index is 0.0314. The van der Waals surface area contributed by atoms with Crippen molar-refractivity contribution in [2.45, 2.75) is 24.3 Å². The maximum Gasteiger partial charge on any atom is 0.251 e. The van der Waals surface area contributed by atoms with Gasteiger partial charge in [0.1, 0.15) is 5.82 Å². The summed E-state index contributed by atoms with van der Waals surface area (Å²) in [5.41, 5.74) is 0.979. The van der Waals surface area contributed by atoms with Gasteiger partial charge in [0.2, 0.25) is 11.7 Å². The second kappa shape index (κ2) is 7.14. The quantitative estimate of drug-likeness (QED) is 0.549. The van der Waals surface area contributed by atoms with Crippen molar-refractivity contribution in [1.82, 2.24) is 20.1 Å². The number of benzene rings is 1. The summed E-state index contributed by atoms with van der Waals surface area (Å²) in [7, 11) is 0. The number of hydrogen-bond acceptors (Lipinski definition) is 6. The molecule has 0 aliphatic carbocycles. The zero-order chi connectivity index (χ0) is 17.1. The number of aryl methyl sites for hydroxylation is 1. The Hall–Kier alpha value is -2.19. The average molecular weight is 367 g/mol. The fraction of sp³-hybridized carbons (Fsp3) is 0.200. The lowest BCUT2D eigenvalue weighted by molar-refractivity contribution is 0.391.